The molecule has 0 saturated heterocycles. The van der Waals surface area contributed by atoms with E-state index in [9.17, 15) is 21.6 Å². The van der Waals surface area contributed by atoms with E-state index in [0.29, 0.717) is 5.69 Å². The Morgan fingerprint density at radius 2 is 1.83 bits per heavy atom. The maximum Gasteiger partial charge on any atom is 0.389 e. The van der Waals surface area contributed by atoms with Crippen LogP contribution in [0.1, 0.15) is 12.8 Å². The molecule has 0 heterocycles. The van der Waals surface area contributed by atoms with E-state index in [1.807, 2.05) is 0 Å². The van der Waals surface area contributed by atoms with Gasteiger partial charge in [-0.25, -0.2) is 8.42 Å². The molecule has 102 valence electrons. The van der Waals surface area contributed by atoms with Crippen LogP contribution in [0.15, 0.2) is 29.2 Å². The molecular weight excluding hydrogens is 267 g/mol. The predicted molar refractivity (Wildman–Crippen MR) is 63.3 cm³/mol. The smallest absolute Gasteiger partial charge is 0.384 e. The van der Waals surface area contributed by atoms with Crippen LogP contribution in [-0.4, -0.2) is 27.4 Å². The Morgan fingerprint density at radius 1 is 1.22 bits per heavy atom. The molecule has 0 saturated carbocycles. The normalized spacial score (nSPS) is 12.4. The molecule has 0 aromatic heterocycles. The number of hydrogen-bond donors (Lipinski definition) is 1. The van der Waals surface area contributed by atoms with Crippen molar-refractivity contribution in [2.45, 2.75) is 23.9 Å². The van der Waals surface area contributed by atoms with Gasteiger partial charge >= 0.3 is 6.18 Å². The van der Waals surface area contributed by atoms with Crippen LogP contribution in [0.3, 0.4) is 0 Å². The Bertz CT molecular complexity index is 497. The summed E-state index contributed by atoms with van der Waals surface area (Å²) < 4.78 is 58.6. The van der Waals surface area contributed by atoms with Crippen molar-refractivity contribution in [3.8, 4) is 0 Å². The number of rotatable bonds is 5. The van der Waals surface area contributed by atoms with E-state index >= 15 is 0 Å². The summed E-state index contributed by atoms with van der Waals surface area (Å²) in [6.45, 7) is 0.0754. The van der Waals surface area contributed by atoms with Crippen LogP contribution < -0.4 is 5.32 Å². The average Bonchev–Trinajstić information content (AvgIpc) is 2.22. The number of halogens is 3. The lowest BCUT2D eigenvalue weighted by Crippen LogP contribution is -2.12. The van der Waals surface area contributed by atoms with Crippen LogP contribution in [0, 0.1) is 0 Å². The third-order valence-electron chi connectivity index (χ3n) is 2.24. The molecule has 0 amide bonds. The Morgan fingerprint density at radius 3 is 2.39 bits per heavy atom. The van der Waals surface area contributed by atoms with Gasteiger partial charge in [-0.2, -0.15) is 13.2 Å². The molecule has 0 aliphatic carbocycles. The van der Waals surface area contributed by atoms with Crippen LogP contribution in [0.4, 0.5) is 18.9 Å². The van der Waals surface area contributed by atoms with E-state index in [2.05, 4.69) is 5.32 Å². The van der Waals surface area contributed by atoms with E-state index in [1.165, 1.54) is 12.1 Å². The maximum absolute atomic E-state index is 11.9. The number of hydrogen-bond acceptors (Lipinski definition) is 3. The Balaban J connectivity index is 2.64. The van der Waals surface area contributed by atoms with Crippen LogP contribution in [0.25, 0.3) is 0 Å². The molecule has 18 heavy (non-hydrogen) atoms. The molecule has 0 unspecified atom stereocenters. The highest BCUT2D eigenvalue weighted by atomic mass is 32.2. The molecule has 1 N–H and O–H groups in total. The third kappa shape index (κ3) is 4.95. The number of para-hydroxylation sites is 1. The molecule has 1 rings (SSSR count). The SMILES string of the molecule is CS(=O)(=O)c1ccccc1NCCCC(F)(F)F. The average molecular weight is 281 g/mol. The highest BCUT2D eigenvalue weighted by molar-refractivity contribution is 7.90. The summed E-state index contributed by atoms with van der Waals surface area (Å²) in [6.07, 6.45) is -4.11. The lowest BCUT2D eigenvalue weighted by Gasteiger charge is -2.11. The van der Waals surface area contributed by atoms with Gasteiger partial charge in [-0.1, -0.05) is 12.1 Å². The highest BCUT2D eigenvalue weighted by Gasteiger charge is 2.25. The molecule has 0 bridgehead atoms. The van der Waals surface area contributed by atoms with Gasteiger partial charge in [-0.05, 0) is 18.6 Å². The zero-order chi connectivity index (χ0) is 13.8. The van der Waals surface area contributed by atoms with Crippen LogP contribution >= 0.6 is 0 Å². The van der Waals surface area contributed by atoms with E-state index in [1.54, 1.807) is 12.1 Å². The van der Waals surface area contributed by atoms with Crippen molar-refractivity contribution in [2.75, 3.05) is 18.1 Å². The van der Waals surface area contributed by atoms with E-state index in [-0.39, 0.29) is 17.9 Å². The van der Waals surface area contributed by atoms with E-state index in [0.717, 1.165) is 6.26 Å². The van der Waals surface area contributed by atoms with E-state index in [4.69, 9.17) is 0 Å². The lowest BCUT2D eigenvalue weighted by molar-refractivity contribution is -0.134. The summed E-state index contributed by atoms with van der Waals surface area (Å²) in [7, 11) is -3.38. The first-order valence-electron chi connectivity index (χ1n) is 5.30. The summed E-state index contributed by atoms with van der Waals surface area (Å²) in [4.78, 5) is 0.0945. The molecule has 0 aliphatic rings. The minimum atomic E-state index is -4.18. The molecule has 0 fully saturated rings. The quantitative estimate of drug-likeness (QED) is 0.844. The largest absolute Gasteiger partial charge is 0.389 e. The van der Waals surface area contributed by atoms with Gasteiger partial charge in [0, 0.05) is 19.2 Å². The molecule has 1 aromatic carbocycles. The summed E-state index contributed by atoms with van der Waals surface area (Å²) in [5.74, 6) is 0. The number of anilines is 1. The van der Waals surface area contributed by atoms with E-state index < -0.39 is 22.4 Å². The molecular formula is C11H14F3NO2S. The molecule has 7 heteroatoms. The first kappa shape index (κ1) is 14.8. The minimum Gasteiger partial charge on any atom is -0.384 e. The zero-order valence-corrected chi connectivity index (χ0v) is 10.6. The second-order valence-electron chi connectivity index (χ2n) is 3.91. The Hall–Kier alpha value is -1.24. The monoisotopic (exact) mass is 281 g/mol. The third-order valence-corrected chi connectivity index (χ3v) is 3.39. The number of nitrogens with one attached hydrogen (secondary N) is 1. The van der Waals surface area contributed by atoms with Crippen molar-refractivity contribution in [2.24, 2.45) is 0 Å². The zero-order valence-electron chi connectivity index (χ0n) is 9.79. The summed E-state index contributed by atoms with van der Waals surface area (Å²) in [6, 6.07) is 6.14. The maximum atomic E-state index is 11.9. The van der Waals surface area contributed by atoms with Gasteiger partial charge in [0.05, 0.1) is 10.6 Å². The summed E-state index contributed by atoms with van der Waals surface area (Å²) in [5.41, 5.74) is 0.335. The first-order chi connectivity index (χ1) is 8.20. The number of alkyl halides is 3. The van der Waals surface area contributed by atoms with Crippen molar-refractivity contribution in [1.29, 1.82) is 0 Å². The standard InChI is InChI=1S/C11H14F3NO2S/c1-18(16,17)10-6-3-2-5-9(10)15-8-4-7-11(12,13)14/h2-3,5-6,15H,4,7-8H2,1H3. The fourth-order valence-electron chi connectivity index (χ4n) is 1.45. The van der Waals surface area contributed by atoms with Crippen LogP contribution in [0.2, 0.25) is 0 Å². The van der Waals surface area contributed by atoms with Gasteiger partial charge in [-0.3, -0.25) is 0 Å². The fraction of sp³-hybridized carbons (Fsp3) is 0.455. The topological polar surface area (TPSA) is 46.2 Å². The van der Waals surface area contributed by atoms with Gasteiger partial charge in [0.2, 0.25) is 0 Å². The van der Waals surface area contributed by atoms with Gasteiger partial charge in [0.15, 0.2) is 9.84 Å². The molecule has 1 aromatic rings. The number of sulfone groups is 1. The van der Waals surface area contributed by atoms with Crippen LogP contribution in [0.5, 0.6) is 0 Å². The first-order valence-corrected chi connectivity index (χ1v) is 7.19. The second kappa shape index (κ2) is 5.60. The van der Waals surface area contributed by atoms with Crippen molar-refractivity contribution in [3.05, 3.63) is 24.3 Å². The van der Waals surface area contributed by atoms with Crippen LogP contribution in [-0.2, 0) is 9.84 Å². The fourth-order valence-corrected chi connectivity index (χ4v) is 2.31. The molecule has 0 aliphatic heterocycles. The van der Waals surface area contributed by atoms with Crippen molar-refractivity contribution in [3.63, 3.8) is 0 Å². The summed E-state index contributed by atoms with van der Waals surface area (Å²) in [5, 5.41) is 2.71. The van der Waals surface area contributed by atoms with Crippen molar-refractivity contribution >= 4 is 15.5 Å². The predicted octanol–water partition coefficient (Wildman–Crippen LogP) is 2.84. The molecule has 0 atom stereocenters. The lowest BCUT2D eigenvalue weighted by atomic mass is 10.2. The second-order valence-corrected chi connectivity index (χ2v) is 5.90. The van der Waals surface area contributed by atoms with Crippen molar-refractivity contribution < 1.29 is 21.6 Å². The molecule has 3 nitrogen and oxygen atoms in total. The van der Waals surface area contributed by atoms with Gasteiger partial charge in [0.1, 0.15) is 0 Å². The van der Waals surface area contributed by atoms with Gasteiger partial charge in [0.25, 0.3) is 0 Å². The van der Waals surface area contributed by atoms with Gasteiger partial charge in [-0.15, -0.1) is 0 Å². The minimum absolute atomic E-state index is 0.0754. The molecule has 0 radical (unpaired) electrons. The number of benzene rings is 1. The Kier molecular flexibility index (Phi) is 4.61. The van der Waals surface area contributed by atoms with Gasteiger partial charge < -0.3 is 5.32 Å². The Labute approximate surface area is 104 Å². The highest BCUT2D eigenvalue weighted by Crippen LogP contribution is 2.23. The summed E-state index contributed by atoms with van der Waals surface area (Å²) >= 11 is 0. The van der Waals surface area contributed by atoms with Crippen molar-refractivity contribution in [1.82, 2.24) is 0 Å². The molecule has 0 spiro atoms.